The average molecular weight is 368 g/mol. The number of nitrogens with zero attached hydrogens (tertiary/aromatic N) is 1. The van der Waals surface area contributed by atoms with Crippen LogP contribution in [0.2, 0.25) is 0 Å². The summed E-state index contributed by atoms with van der Waals surface area (Å²) in [5.41, 5.74) is 3.03. The maximum absolute atomic E-state index is 13.0. The van der Waals surface area contributed by atoms with Crippen LogP contribution in [0.4, 0.5) is 4.39 Å². The van der Waals surface area contributed by atoms with Gasteiger partial charge in [0.05, 0.1) is 12.6 Å². The lowest BCUT2D eigenvalue weighted by molar-refractivity contribution is 0.187. The summed E-state index contributed by atoms with van der Waals surface area (Å²) in [6.45, 7) is 3.65. The smallest absolute Gasteiger partial charge is 0.191 e. The largest absolute Gasteiger partial charge is 0.386 e. The number of fused-ring (bicyclic) bond motifs is 1. The fourth-order valence-electron chi connectivity index (χ4n) is 2.96. The zero-order valence-corrected chi connectivity index (χ0v) is 15.4. The number of halogens is 1. The van der Waals surface area contributed by atoms with E-state index < -0.39 is 6.10 Å². The van der Waals surface area contributed by atoms with Gasteiger partial charge in [-0.25, -0.2) is 4.39 Å². The van der Waals surface area contributed by atoms with Crippen molar-refractivity contribution in [3.05, 3.63) is 71.7 Å². The van der Waals surface area contributed by atoms with Gasteiger partial charge in [-0.15, -0.1) is 0 Å². The van der Waals surface area contributed by atoms with Crippen molar-refractivity contribution in [2.75, 3.05) is 19.6 Å². The predicted molar refractivity (Wildman–Crippen MR) is 107 cm³/mol. The number of nitrogens with one attached hydrogen (secondary N) is 3. The third-order valence-electron chi connectivity index (χ3n) is 4.38. The summed E-state index contributed by atoms with van der Waals surface area (Å²) < 4.78 is 13.0. The molecule has 0 radical (unpaired) electrons. The van der Waals surface area contributed by atoms with Gasteiger partial charge in [-0.2, -0.15) is 0 Å². The number of hydrogen-bond donors (Lipinski definition) is 4. The van der Waals surface area contributed by atoms with E-state index in [1.807, 2.05) is 25.3 Å². The highest BCUT2D eigenvalue weighted by Gasteiger charge is 2.08. The Bertz CT molecular complexity index is 889. The summed E-state index contributed by atoms with van der Waals surface area (Å²) in [6.07, 6.45) is 2.12. The number of hydrogen-bond acceptors (Lipinski definition) is 2. The zero-order chi connectivity index (χ0) is 19.1. The van der Waals surface area contributed by atoms with Crippen LogP contribution >= 0.6 is 0 Å². The first-order valence-electron chi connectivity index (χ1n) is 9.18. The summed E-state index contributed by atoms with van der Waals surface area (Å²) in [5.74, 6) is 0.334. The number of aliphatic imine (C=N–C) groups is 1. The number of rotatable bonds is 7. The second-order valence-electron chi connectivity index (χ2n) is 6.32. The van der Waals surface area contributed by atoms with Crippen LogP contribution in [0.3, 0.4) is 0 Å². The first-order chi connectivity index (χ1) is 13.2. The molecule has 27 heavy (non-hydrogen) atoms. The average Bonchev–Trinajstić information content (AvgIpc) is 3.09. The molecule has 0 aliphatic rings. The Morgan fingerprint density at radius 1 is 1.15 bits per heavy atom. The van der Waals surface area contributed by atoms with Crippen molar-refractivity contribution >= 4 is 16.9 Å². The number of aromatic nitrogens is 1. The SMILES string of the molecule is CCNC(=NCC(O)c1ccc(F)cc1)NCCc1c[nH]c2ccccc12. The Balaban J connectivity index is 1.56. The van der Waals surface area contributed by atoms with Crippen LogP contribution in [0.25, 0.3) is 10.9 Å². The molecule has 0 amide bonds. The summed E-state index contributed by atoms with van der Waals surface area (Å²) >= 11 is 0. The molecule has 0 aliphatic heterocycles. The second-order valence-corrected chi connectivity index (χ2v) is 6.32. The van der Waals surface area contributed by atoms with Gasteiger partial charge in [0, 0.05) is 30.2 Å². The minimum Gasteiger partial charge on any atom is -0.386 e. The van der Waals surface area contributed by atoms with Crippen molar-refractivity contribution in [1.29, 1.82) is 0 Å². The molecule has 3 aromatic rings. The summed E-state index contributed by atoms with van der Waals surface area (Å²) in [5, 5.41) is 17.9. The molecular formula is C21H25FN4O. The summed E-state index contributed by atoms with van der Waals surface area (Å²) in [6, 6.07) is 14.1. The minimum atomic E-state index is -0.769. The van der Waals surface area contributed by atoms with Crippen LogP contribution in [0.5, 0.6) is 0 Å². The van der Waals surface area contributed by atoms with E-state index in [1.54, 1.807) is 12.1 Å². The maximum atomic E-state index is 13.0. The molecule has 5 nitrogen and oxygen atoms in total. The molecule has 4 N–H and O–H groups in total. The van der Waals surface area contributed by atoms with Gasteiger partial charge < -0.3 is 20.7 Å². The number of para-hydroxylation sites is 1. The van der Waals surface area contributed by atoms with Gasteiger partial charge in [0.25, 0.3) is 0 Å². The van der Waals surface area contributed by atoms with Crippen molar-refractivity contribution in [3.8, 4) is 0 Å². The van der Waals surface area contributed by atoms with E-state index in [0.29, 0.717) is 11.5 Å². The van der Waals surface area contributed by atoms with E-state index >= 15 is 0 Å². The summed E-state index contributed by atoms with van der Waals surface area (Å²) in [7, 11) is 0. The first kappa shape index (κ1) is 18.9. The lowest BCUT2D eigenvalue weighted by Gasteiger charge is -2.13. The predicted octanol–water partition coefficient (Wildman–Crippen LogP) is 3.14. The van der Waals surface area contributed by atoms with Crippen LogP contribution in [-0.4, -0.2) is 35.7 Å². The number of aliphatic hydroxyl groups excluding tert-OH is 1. The first-order valence-corrected chi connectivity index (χ1v) is 9.18. The fourth-order valence-corrected chi connectivity index (χ4v) is 2.96. The molecule has 0 aliphatic carbocycles. The normalized spacial score (nSPS) is 12.9. The Morgan fingerprint density at radius 3 is 2.70 bits per heavy atom. The third-order valence-corrected chi connectivity index (χ3v) is 4.38. The molecular weight excluding hydrogens is 343 g/mol. The van der Waals surface area contributed by atoms with Gasteiger partial charge >= 0.3 is 0 Å². The Kier molecular flexibility index (Phi) is 6.44. The van der Waals surface area contributed by atoms with Crippen LogP contribution < -0.4 is 10.6 Å². The van der Waals surface area contributed by atoms with Gasteiger partial charge in [-0.3, -0.25) is 4.99 Å². The second kappa shape index (κ2) is 9.19. The Labute approximate surface area is 158 Å². The molecule has 0 bridgehead atoms. The van der Waals surface area contributed by atoms with Gasteiger partial charge in [-0.1, -0.05) is 30.3 Å². The fraction of sp³-hybridized carbons (Fsp3) is 0.286. The van der Waals surface area contributed by atoms with E-state index in [4.69, 9.17) is 0 Å². The molecule has 0 saturated carbocycles. The number of aliphatic hydroxyl groups is 1. The van der Waals surface area contributed by atoms with Gasteiger partial charge in [0.1, 0.15) is 5.82 Å². The van der Waals surface area contributed by atoms with Crippen molar-refractivity contribution in [1.82, 2.24) is 15.6 Å². The molecule has 3 rings (SSSR count). The molecule has 1 heterocycles. The van der Waals surface area contributed by atoms with Crippen LogP contribution in [-0.2, 0) is 6.42 Å². The van der Waals surface area contributed by atoms with E-state index in [1.165, 1.54) is 23.1 Å². The highest BCUT2D eigenvalue weighted by atomic mass is 19.1. The molecule has 2 aromatic carbocycles. The summed E-state index contributed by atoms with van der Waals surface area (Å²) in [4.78, 5) is 7.72. The Morgan fingerprint density at radius 2 is 1.93 bits per heavy atom. The lowest BCUT2D eigenvalue weighted by atomic mass is 10.1. The molecule has 142 valence electrons. The van der Waals surface area contributed by atoms with Crippen LogP contribution in [0.1, 0.15) is 24.2 Å². The number of guanidine groups is 1. The maximum Gasteiger partial charge on any atom is 0.191 e. The number of H-pyrrole nitrogens is 1. The molecule has 1 atom stereocenters. The standard InChI is InChI=1S/C21H25FN4O/c1-2-23-21(26-14-20(27)15-7-9-17(22)10-8-15)24-12-11-16-13-25-19-6-4-3-5-18(16)19/h3-10,13,20,25,27H,2,11-12,14H2,1H3,(H2,23,24,26). The van der Waals surface area contributed by atoms with Crippen molar-refractivity contribution in [2.24, 2.45) is 4.99 Å². The quantitative estimate of drug-likeness (QED) is 0.382. The van der Waals surface area contributed by atoms with Crippen LogP contribution in [0, 0.1) is 5.82 Å². The molecule has 1 aromatic heterocycles. The number of aromatic amines is 1. The van der Waals surface area contributed by atoms with Crippen molar-refractivity contribution in [2.45, 2.75) is 19.4 Å². The number of benzene rings is 2. The van der Waals surface area contributed by atoms with Gasteiger partial charge in [-0.05, 0) is 42.7 Å². The Hall–Kier alpha value is -2.86. The highest BCUT2D eigenvalue weighted by Crippen LogP contribution is 2.17. The molecule has 0 spiro atoms. The monoisotopic (exact) mass is 368 g/mol. The molecule has 0 saturated heterocycles. The van der Waals surface area contributed by atoms with Gasteiger partial charge in [0.2, 0.25) is 0 Å². The molecule has 6 heteroatoms. The zero-order valence-electron chi connectivity index (χ0n) is 15.4. The van der Waals surface area contributed by atoms with Crippen LogP contribution in [0.15, 0.2) is 59.7 Å². The van der Waals surface area contributed by atoms with Crippen molar-refractivity contribution in [3.63, 3.8) is 0 Å². The van der Waals surface area contributed by atoms with Crippen molar-refractivity contribution < 1.29 is 9.50 Å². The highest BCUT2D eigenvalue weighted by molar-refractivity contribution is 5.83. The van der Waals surface area contributed by atoms with E-state index in [9.17, 15) is 9.50 Å². The van der Waals surface area contributed by atoms with Gasteiger partial charge in [0.15, 0.2) is 5.96 Å². The van der Waals surface area contributed by atoms with E-state index in [0.717, 1.165) is 25.0 Å². The minimum absolute atomic E-state index is 0.202. The topological polar surface area (TPSA) is 72.4 Å². The third kappa shape index (κ3) is 5.08. The molecule has 0 fully saturated rings. The molecule has 1 unspecified atom stereocenters. The lowest BCUT2D eigenvalue weighted by Crippen LogP contribution is -2.38. The van der Waals surface area contributed by atoms with E-state index in [-0.39, 0.29) is 12.4 Å². The van der Waals surface area contributed by atoms with E-state index in [2.05, 4.69) is 32.7 Å².